The first-order valence-electron chi connectivity index (χ1n) is 5.14. The van der Waals surface area contributed by atoms with Gasteiger partial charge in [0, 0.05) is 25.4 Å². The zero-order chi connectivity index (χ0) is 10.6. The van der Waals surface area contributed by atoms with Crippen LogP contribution in [0, 0.1) is 0 Å². The standard InChI is InChI=1S/C10H20N2OS/c1-12(2)10(13)11-8-4-6-9(14-3)7-5-8/h8-9H,4-7H2,1-3H3,(H,11,13). The number of thioether (sulfide) groups is 1. The van der Waals surface area contributed by atoms with E-state index in [1.54, 1.807) is 19.0 Å². The fourth-order valence-electron chi connectivity index (χ4n) is 1.75. The summed E-state index contributed by atoms with van der Waals surface area (Å²) >= 11 is 1.95. The van der Waals surface area contributed by atoms with Crippen molar-refractivity contribution >= 4 is 17.8 Å². The van der Waals surface area contributed by atoms with Gasteiger partial charge in [0.2, 0.25) is 0 Å². The van der Waals surface area contributed by atoms with Crippen LogP contribution >= 0.6 is 11.8 Å². The molecule has 1 rings (SSSR count). The first-order valence-corrected chi connectivity index (χ1v) is 6.43. The summed E-state index contributed by atoms with van der Waals surface area (Å²) in [5.74, 6) is 0. The lowest BCUT2D eigenvalue weighted by Gasteiger charge is -2.28. The first kappa shape index (κ1) is 11.7. The molecular weight excluding hydrogens is 196 g/mol. The third-order valence-corrected chi connectivity index (χ3v) is 3.88. The zero-order valence-electron chi connectivity index (χ0n) is 9.25. The summed E-state index contributed by atoms with van der Waals surface area (Å²) in [4.78, 5) is 13.0. The third kappa shape index (κ3) is 3.40. The predicted octanol–water partition coefficient (Wildman–Crippen LogP) is 1.93. The van der Waals surface area contributed by atoms with E-state index in [4.69, 9.17) is 0 Å². The summed E-state index contributed by atoms with van der Waals surface area (Å²) in [6.07, 6.45) is 6.90. The van der Waals surface area contributed by atoms with Crippen molar-refractivity contribution in [1.82, 2.24) is 10.2 Å². The highest BCUT2D eigenvalue weighted by Crippen LogP contribution is 2.26. The number of carbonyl (C=O) groups excluding carboxylic acids is 1. The highest BCUT2D eigenvalue weighted by molar-refractivity contribution is 7.99. The molecule has 1 aliphatic rings. The second kappa shape index (κ2) is 5.49. The smallest absolute Gasteiger partial charge is 0.317 e. The Kier molecular flexibility index (Phi) is 4.58. The number of rotatable bonds is 2. The zero-order valence-corrected chi connectivity index (χ0v) is 10.1. The van der Waals surface area contributed by atoms with Crippen LogP contribution in [-0.2, 0) is 0 Å². The maximum Gasteiger partial charge on any atom is 0.317 e. The van der Waals surface area contributed by atoms with Gasteiger partial charge in [-0.05, 0) is 31.9 Å². The molecule has 0 spiro atoms. The first-order chi connectivity index (χ1) is 6.63. The maximum atomic E-state index is 11.4. The van der Waals surface area contributed by atoms with Gasteiger partial charge in [0.1, 0.15) is 0 Å². The number of nitrogens with one attached hydrogen (secondary N) is 1. The van der Waals surface area contributed by atoms with Crippen LogP contribution in [0.2, 0.25) is 0 Å². The van der Waals surface area contributed by atoms with Crippen molar-refractivity contribution < 1.29 is 4.79 Å². The van der Waals surface area contributed by atoms with E-state index in [0.29, 0.717) is 6.04 Å². The predicted molar refractivity (Wildman–Crippen MR) is 61.8 cm³/mol. The fraction of sp³-hybridized carbons (Fsp3) is 0.900. The fourth-order valence-corrected chi connectivity index (χ4v) is 2.49. The molecule has 0 saturated heterocycles. The van der Waals surface area contributed by atoms with E-state index in [0.717, 1.165) is 18.1 Å². The second-order valence-electron chi connectivity index (χ2n) is 4.05. The van der Waals surface area contributed by atoms with Crippen molar-refractivity contribution in [2.24, 2.45) is 0 Å². The van der Waals surface area contributed by atoms with Crippen molar-refractivity contribution in [1.29, 1.82) is 0 Å². The molecule has 0 atom stereocenters. The number of hydrogen-bond donors (Lipinski definition) is 1. The molecule has 0 aromatic rings. The van der Waals surface area contributed by atoms with Crippen LogP contribution in [0.15, 0.2) is 0 Å². The molecule has 2 amide bonds. The third-order valence-electron chi connectivity index (χ3n) is 2.74. The molecule has 82 valence electrons. The van der Waals surface area contributed by atoms with Crippen molar-refractivity contribution in [3.63, 3.8) is 0 Å². The Morgan fingerprint density at radius 3 is 2.29 bits per heavy atom. The van der Waals surface area contributed by atoms with Gasteiger partial charge in [-0.2, -0.15) is 11.8 Å². The van der Waals surface area contributed by atoms with Crippen LogP contribution in [0.3, 0.4) is 0 Å². The lowest BCUT2D eigenvalue weighted by Crippen LogP contribution is -2.43. The van der Waals surface area contributed by atoms with Crippen LogP contribution in [0.1, 0.15) is 25.7 Å². The molecule has 3 nitrogen and oxygen atoms in total. The summed E-state index contributed by atoms with van der Waals surface area (Å²) in [6, 6.07) is 0.436. The van der Waals surface area contributed by atoms with E-state index in [-0.39, 0.29) is 6.03 Å². The Balaban J connectivity index is 2.25. The minimum Gasteiger partial charge on any atom is -0.335 e. The number of urea groups is 1. The van der Waals surface area contributed by atoms with Gasteiger partial charge in [-0.25, -0.2) is 4.79 Å². The molecule has 1 N–H and O–H groups in total. The van der Waals surface area contributed by atoms with Crippen molar-refractivity contribution in [3.8, 4) is 0 Å². The topological polar surface area (TPSA) is 32.3 Å². The van der Waals surface area contributed by atoms with E-state index in [1.165, 1.54) is 12.8 Å². The summed E-state index contributed by atoms with van der Waals surface area (Å²) in [6.45, 7) is 0. The van der Waals surface area contributed by atoms with Crippen LogP contribution in [0.5, 0.6) is 0 Å². The molecule has 1 fully saturated rings. The van der Waals surface area contributed by atoms with E-state index in [1.807, 2.05) is 11.8 Å². The van der Waals surface area contributed by atoms with Crippen LogP contribution in [-0.4, -0.2) is 42.6 Å². The molecular formula is C10H20N2OS. The minimum atomic E-state index is 0.0394. The molecule has 0 aromatic carbocycles. The van der Waals surface area contributed by atoms with E-state index in [9.17, 15) is 4.79 Å². The number of nitrogens with zero attached hydrogens (tertiary/aromatic N) is 1. The van der Waals surface area contributed by atoms with Gasteiger partial charge in [-0.3, -0.25) is 0 Å². The van der Waals surface area contributed by atoms with E-state index in [2.05, 4.69) is 11.6 Å². The van der Waals surface area contributed by atoms with Gasteiger partial charge in [-0.15, -0.1) is 0 Å². The van der Waals surface area contributed by atoms with E-state index >= 15 is 0 Å². The molecule has 1 saturated carbocycles. The summed E-state index contributed by atoms with van der Waals surface area (Å²) in [5, 5.41) is 3.85. The van der Waals surface area contributed by atoms with Crippen molar-refractivity contribution in [3.05, 3.63) is 0 Å². The Morgan fingerprint density at radius 2 is 1.86 bits per heavy atom. The van der Waals surface area contributed by atoms with Crippen LogP contribution in [0.25, 0.3) is 0 Å². The number of amides is 2. The Bertz CT molecular complexity index is 189. The molecule has 4 heteroatoms. The highest BCUT2D eigenvalue weighted by Gasteiger charge is 2.21. The van der Waals surface area contributed by atoms with Crippen molar-refractivity contribution in [2.45, 2.75) is 37.0 Å². The van der Waals surface area contributed by atoms with Gasteiger partial charge in [0.05, 0.1) is 0 Å². The summed E-state index contributed by atoms with van der Waals surface area (Å²) < 4.78 is 0. The van der Waals surface area contributed by atoms with Crippen LogP contribution in [0.4, 0.5) is 4.79 Å². The number of carbonyl (C=O) groups is 1. The minimum absolute atomic E-state index is 0.0394. The molecule has 0 aliphatic heterocycles. The second-order valence-corrected chi connectivity index (χ2v) is 5.19. The Morgan fingerprint density at radius 1 is 1.29 bits per heavy atom. The largest absolute Gasteiger partial charge is 0.335 e. The molecule has 0 heterocycles. The quantitative estimate of drug-likeness (QED) is 0.765. The highest BCUT2D eigenvalue weighted by atomic mass is 32.2. The molecule has 0 bridgehead atoms. The molecule has 1 aliphatic carbocycles. The lowest BCUT2D eigenvalue weighted by atomic mass is 9.95. The monoisotopic (exact) mass is 216 g/mol. The Hall–Kier alpha value is -0.380. The SMILES string of the molecule is CSC1CCC(NC(=O)N(C)C)CC1. The van der Waals surface area contributed by atoms with Crippen molar-refractivity contribution in [2.75, 3.05) is 20.4 Å². The molecule has 14 heavy (non-hydrogen) atoms. The van der Waals surface area contributed by atoms with Gasteiger partial charge < -0.3 is 10.2 Å². The Labute approximate surface area is 90.6 Å². The van der Waals surface area contributed by atoms with Gasteiger partial charge >= 0.3 is 6.03 Å². The van der Waals surface area contributed by atoms with Gasteiger partial charge in [-0.1, -0.05) is 0 Å². The average molecular weight is 216 g/mol. The van der Waals surface area contributed by atoms with Gasteiger partial charge in [0.15, 0.2) is 0 Å². The number of hydrogen-bond acceptors (Lipinski definition) is 2. The molecule has 0 radical (unpaired) electrons. The van der Waals surface area contributed by atoms with Crippen LogP contribution < -0.4 is 5.32 Å². The van der Waals surface area contributed by atoms with E-state index < -0.39 is 0 Å². The van der Waals surface area contributed by atoms with Gasteiger partial charge in [0.25, 0.3) is 0 Å². The molecule has 0 aromatic heterocycles. The summed E-state index contributed by atoms with van der Waals surface area (Å²) in [5.41, 5.74) is 0. The summed E-state index contributed by atoms with van der Waals surface area (Å²) in [7, 11) is 3.56. The molecule has 0 unspecified atom stereocenters. The average Bonchev–Trinajstić information content (AvgIpc) is 2.19. The normalized spacial score (nSPS) is 27.1. The lowest BCUT2D eigenvalue weighted by molar-refractivity contribution is 0.209. The maximum absolute atomic E-state index is 11.4.